The van der Waals surface area contributed by atoms with Crippen LogP contribution in [0.15, 0.2) is 12.1 Å². The standard InChI is InChI=1S/C17H24N2O7/c1-11(14-5-4-6-25-14)18-17(20)12-9-15(24-3)16(26-8-7-23-2)10-13(12)19(21)22/h9-11,14H,4-8H2,1-3H3,(H,18,20). The summed E-state index contributed by atoms with van der Waals surface area (Å²) >= 11 is 0. The molecule has 0 aliphatic carbocycles. The molecule has 9 heteroatoms. The zero-order chi connectivity index (χ0) is 19.1. The lowest BCUT2D eigenvalue weighted by atomic mass is 10.1. The molecule has 9 nitrogen and oxygen atoms in total. The second-order valence-electron chi connectivity index (χ2n) is 5.93. The first-order valence-corrected chi connectivity index (χ1v) is 8.38. The van der Waals surface area contributed by atoms with Gasteiger partial charge in [0, 0.05) is 19.8 Å². The van der Waals surface area contributed by atoms with Gasteiger partial charge in [-0.1, -0.05) is 0 Å². The van der Waals surface area contributed by atoms with Gasteiger partial charge < -0.3 is 24.3 Å². The Bertz CT molecular complexity index is 644. The lowest BCUT2D eigenvalue weighted by Crippen LogP contribution is -2.41. The van der Waals surface area contributed by atoms with Gasteiger partial charge in [0.15, 0.2) is 11.5 Å². The quantitative estimate of drug-likeness (QED) is 0.403. The highest BCUT2D eigenvalue weighted by Gasteiger charge is 2.28. The lowest BCUT2D eigenvalue weighted by Gasteiger charge is -2.20. The van der Waals surface area contributed by atoms with Crippen molar-refractivity contribution in [1.29, 1.82) is 0 Å². The van der Waals surface area contributed by atoms with E-state index in [0.29, 0.717) is 13.2 Å². The molecule has 1 saturated heterocycles. The molecular weight excluding hydrogens is 344 g/mol. The van der Waals surface area contributed by atoms with E-state index in [1.165, 1.54) is 26.4 Å². The average Bonchev–Trinajstić information content (AvgIpc) is 3.16. The maximum atomic E-state index is 12.6. The van der Waals surface area contributed by atoms with Gasteiger partial charge in [-0.25, -0.2) is 0 Å². The van der Waals surface area contributed by atoms with Crippen LogP contribution < -0.4 is 14.8 Å². The van der Waals surface area contributed by atoms with Crippen molar-refractivity contribution in [3.05, 3.63) is 27.8 Å². The Morgan fingerprint density at radius 3 is 2.73 bits per heavy atom. The number of carbonyl (C=O) groups is 1. The summed E-state index contributed by atoms with van der Waals surface area (Å²) in [5, 5.41) is 14.2. The summed E-state index contributed by atoms with van der Waals surface area (Å²) in [5.41, 5.74) is -0.439. The summed E-state index contributed by atoms with van der Waals surface area (Å²) in [6, 6.07) is 2.26. The zero-order valence-corrected chi connectivity index (χ0v) is 15.1. The fraction of sp³-hybridized carbons (Fsp3) is 0.588. The summed E-state index contributed by atoms with van der Waals surface area (Å²) in [6.07, 6.45) is 1.70. The smallest absolute Gasteiger partial charge is 0.286 e. The molecule has 1 aliphatic rings. The third-order valence-corrected chi connectivity index (χ3v) is 4.15. The monoisotopic (exact) mass is 368 g/mol. The minimum absolute atomic E-state index is 0.0865. The van der Waals surface area contributed by atoms with Gasteiger partial charge in [0.05, 0.1) is 36.9 Å². The van der Waals surface area contributed by atoms with E-state index >= 15 is 0 Å². The number of rotatable bonds is 9. The number of benzene rings is 1. The Morgan fingerprint density at radius 2 is 2.15 bits per heavy atom. The van der Waals surface area contributed by atoms with E-state index in [1.54, 1.807) is 0 Å². The van der Waals surface area contributed by atoms with Crippen LogP contribution in [0.5, 0.6) is 11.5 Å². The Labute approximate surface area is 151 Å². The highest BCUT2D eigenvalue weighted by atomic mass is 16.6. The van der Waals surface area contributed by atoms with Gasteiger partial charge in [-0.2, -0.15) is 0 Å². The molecule has 1 aromatic rings. The van der Waals surface area contributed by atoms with E-state index in [1.807, 2.05) is 6.92 Å². The number of nitro benzene ring substituents is 1. The van der Waals surface area contributed by atoms with Crippen LogP contribution in [0.25, 0.3) is 0 Å². The van der Waals surface area contributed by atoms with Crippen molar-refractivity contribution in [3.8, 4) is 11.5 Å². The van der Waals surface area contributed by atoms with E-state index in [4.69, 9.17) is 18.9 Å². The fourth-order valence-corrected chi connectivity index (χ4v) is 2.76. The van der Waals surface area contributed by atoms with Crippen LogP contribution in [0, 0.1) is 10.1 Å². The molecule has 2 atom stereocenters. The first-order valence-electron chi connectivity index (χ1n) is 8.38. The second-order valence-corrected chi connectivity index (χ2v) is 5.93. The Kier molecular flexibility index (Phi) is 7.16. The van der Waals surface area contributed by atoms with Crippen molar-refractivity contribution in [2.24, 2.45) is 0 Å². The summed E-state index contributed by atoms with van der Waals surface area (Å²) in [6.45, 7) is 3.00. The summed E-state index contributed by atoms with van der Waals surface area (Å²) in [4.78, 5) is 23.4. The van der Waals surface area contributed by atoms with Crippen LogP contribution in [-0.2, 0) is 9.47 Å². The van der Waals surface area contributed by atoms with Crippen molar-refractivity contribution in [1.82, 2.24) is 5.32 Å². The van der Waals surface area contributed by atoms with Crippen molar-refractivity contribution >= 4 is 11.6 Å². The fourth-order valence-electron chi connectivity index (χ4n) is 2.76. The number of nitrogens with one attached hydrogen (secondary N) is 1. The van der Waals surface area contributed by atoms with Crippen molar-refractivity contribution < 1.29 is 28.7 Å². The Hall–Kier alpha value is -2.39. The normalized spacial score (nSPS) is 17.6. The van der Waals surface area contributed by atoms with Crippen LogP contribution >= 0.6 is 0 Å². The first kappa shape index (κ1) is 19.9. The van der Waals surface area contributed by atoms with Crippen LogP contribution in [-0.4, -0.2) is 57.0 Å². The van der Waals surface area contributed by atoms with Crippen LogP contribution in [0.4, 0.5) is 5.69 Å². The summed E-state index contributed by atoms with van der Waals surface area (Å²) < 4.78 is 21.1. The molecule has 2 rings (SSSR count). The number of carbonyl (C=O) groups excluding carboxylic acids is 1. The van der Waals surface area contributed by atoms with E-state index < -0.39 is 10.8 Å². The average molecular weight is 368 g/mol. The third-order valence-electron chi connectivity index (χ3n) is 4.15. The number of ether oxygens (including phenoxy) is 4. The van der Waals surface area contributed by atoms with Gasteiger partial charge in [0.2, 0.25) is 0 Å². The topological polar surface area (TPSA) is 109 Å². The number of nitrogens with zero attached hydrogens (tertiary/aromatic N) is 1. The molecule has 1 aromatic carbocycles. The van der Waals surface area contributed by atoms with Crippen LogP contribution in [0.2, 0.25) is 0 Å². The van der Waals surface area contributed by atoms with Crippen LogP contribution in [0.1, 0.15) is 30.1 Å². The SMILES string of the molecule is COCCOc1cc([N+](=O)[O-])c(C(=O)NC(C)C2CCCO2)cc1OC. The minimum atomic E-state index is -0.617. The van der Waals surface area contributed by atoms with Gasteiger partial charge in [-0.3, -0.25) is 14.9 Å². The number of hydrogen-bond donors (Lipinski definition) is 1. The van der Waals surface area contributed by atoms with Gasteiger partial charge in [-0.15, -0.1) is 0 Å². The number of nitro groups is 1. The predicted molar refractivity (Wildman–Crippen MR) is 92.9 cm³/mol. The van der Waals surface area contributed by atoms with Crippen molar-refractivity contribution in [2.75, 3.05) is 34.0 Å². The van der Waals surface area contributed by atoms with E-state index in [9.17, 15) is 14.9 Å². The van der Waals surface area contributed by atoms with Crippen molar-refractivity contribution in [2.45, 2.75) is 31.9 Å². The highest BCUT2D eigenvalue weighted by molar-refractivity contribution is 5.99. The van der Waals surface area contributed by atoms with Gasteiger partial charge in [-0.05, 0) is 19.8 Å². The molecule has 26 heavy (non-hydrogen) atoms. The maximum Gasteiger partial charge on any atom is 0.286 e. The molecule has 1 N–H and O–H groups in total. The Balaban J connectivity index is 2.24. The molecule has 0 spiro atoms. The van der Waals surface area contributed by atoms with E-state index in [-0.39, 0.29) is 41.5 Å². The molecule has 1 aliphatic heterocycles. The molecule has 2 unspecified atom stereocenters. The number of methoxy groups -OCH3 is 2. The van der Waals surface area contributed by atoms with Crippen molar-refractivity contribution in [3.63, 3.8) is 0 Å². The molecule has 0 aromatic heterocycles. The van der Waals surface area contributed by atoms with E-state index in [2.05, 4.69) is 5.32 Å². The summed E-state index contributed by atoms with van der Waals surface area (Å²) in [7, 11) is 2.92. The maximum absolute atomic E-state index is 12.6. The first-order chi connectivity index (χ1) is 12.5. The molecule has 1 fully saturated rings. The Morgan fingerprint density at radius 1 is 1.38 bits per heavy atom. The zero-order valence-electron chi connectivity index (χ0n) is 15.1. The largest absolute Gasteiger partial charge is 0.493 e. The summed E-state index contributed by atoms with van der Waals surface area (Å²) in [5.74, 6) is -0.136. The molecule has 1 amide bonds. The van der Waals surface area contributed by atoms with Gasteiger partial charge >= 0.3 is 0 Å². The van der Waals surface area contributed by atoms with Crippen LogP contribution in [0.3, 0.4) is 0 Å². The molecule has 0 bridgehead atoms. The number of hydrogen-bond acceptors (Lipinski definition) is 7. The molecular formula is C17H24N2O7. The minimum Gasteiger partial charge on any atom is -0.493 e. The number of amides is 1. The van der Waals surface area contributed by atoms with Gasteiger partial charge in [0.25, 0.3) is 11.6 Å². The molecule has 0 radical (unpaired) electrons. The van der Waals surface area contributed by atoms with E-state index in [0.717, 1.165) is 12.8 Å². The molecule has 1 heterocycles. The lowest BCUT2D eigenvalue weighted by molar-refractivity contribution is -0.385. The predicted octanol–water partition coefficient (Wildman–Crippen LogP) is 1.93. The highest BCUT2D eigenvalue weighted by Crippen LogP contribution is 2.35. The third kappa shape index (κ3) is 4.83. The molecule has 0 saturated carbocycles. The second kappa shape index (κ2) is 9.35. The molecule has 144 valence electrons. The van der Waals surface area contributed by atoms with Gasteiger partial charge in [0.1, 0.15) is 12.2 Å².